The molecule has 0 spiro atoms. The number of benzene rings is 2. The number of phenols is 2. The van der Waals surface area contributed by atoms with Crippen molar-refractivity contribution in [1.29, 1.82) is 0 Å². The molecule has 0 fully saturated rings. The molecular formula is C15H17NO3. The molecule has 0 bridgehead atoms. The molecule has 0 aliphatic carbocycles. The maximum Gasteiger partial charge on any atom is 0.121 e. The highest BCUT2D eigenvalue weighted by Gasteiger charge is 2.11. The van der Waals surface area contributed by atoms with Crippen LogP contribution in [0.15, 0.2) is 42.5 Å². The minimum Gasteiger partial charge on any atom is -0.508 e. The van der Waals surface area contributed by atoms with E-state index in [0.717, 1.165) is 11.3 Å². The number of nitrogens with one attached hydrogen (secondary N) is 1. The molecule has 0 aromatic heterocycles. The highest BCUT2D eigenvalue weighted by Crippen LogP contribution is 2.30. The van der Waals surface area contributed by atoms with E-state index in [0.29, 0.717) is 5.75 Å². The summed E-state index contributed by atoms with van der Waals surface area (Å²) in [5, 5.41) is 22.4. The van der Waals surface area contributed by atoms with Crippen molar-refractivity contribution in [2.45, 2.75) is 13.0 Å². The summed E-state index contributed by atoms with van der Waals surface area (Å²) in [4.78, 5) is 0. The lowest BCUT2D eigenvalue weighted by Crippen LogP contribution is -2.06. The van der Waals surface area contributed by atoms with Crippen molar-refractivity contribution in [2.24, 2.45) is 0 Å². The number of aromatic hydroxyl groups is 2. The number of rotatable bonds is 4. The van der Waals surface area contributed by atoms with Gasteiger partial charge in [0.2, 0.25) is 0 Å². The Kier molecular flexibility index (Phi) is 3.80. The van der Waals surface area contributed by atoms with E-state index in [-0.39, 0.29) is 17.5 Å². The molecule has 0 amide bonds. The van der Waals surface area contributed by atoms with Gasteiger partial charge in [-0.3, -0.25) is 0 Å². The fourth-order valence-corrected chi connectivity index (χ4v) is 1.89. The standard InChI is InChI=1S/C15H17NO3/c1-10(16-11-3-5-12(17)6-4-11)14-9-13(19-2)7-8-15(14)18/h3-10,16-18H,1-2H3. The predicted octanol–water partition coefficient (Wildman–Crippen LogP) is 3.28. The summed E-state index contributed by atoms with van der Waals surface area (Å²) in [6, 6.07) is 11.8. The highest BCUT2D eigenvalue weighted by atomic mass is 16.5. The topological polar surface area (TPSA) is 61.7 Å². The SMILES string of the molecule is COc1ccc(O)c(C(C)Nc2ccc(O)cc2)c1. The van der Waals surface area contributed by atoms with Gasteiger partial charge in [0.1, 0.15) is 17.2 Å². The molecule has 2 rings (SSSR count). The minimum absolute atomic E-state index is 0.0837. The molecule has 0 saturated carbocycles. The van der Waals surface area contributed by atoms with E-state index in [9.17, 15) is 10.2 Å². The molecule has 2 aromatic carbocycles. The first kappa shape index (κ1) is 13.1. The molecule has 0 aliphatic heterocycles. The molecule has 100 valence electrons. The second-order valence-electron chi connectivity index (χ2n) is 4.34. The van der Waals surface area contributed by atoms with Gasteiger partial charge < -0.3 is 20.3 Å². The number of methoxy groups -OCH3 is 1. The second-order valence-corrected chi connectivity index (χ2v) is 4.34. The zero-order valence-electron chi connectivity index (χ0n) is 10.9. The van der Waals surface area contributed by atoms with Crippen LogP contribution in [0.2, 0.25) is 0 Å². The van der Waals surface area contributed by atoms with E-state index in [2.05, 4.69) is 5.32 Å². The lowest BCUT2D eigenvalue weighted by molar-refractivity contribution is 0.410. The van der Waals surface area contributed by atoms with Gasteiger partial charge in [0.25, 0.3) is 0 Å². The van der Waals surface area contributed by atoms with E-state index in [1.54, 1.807) is 49.6 Å². The third-order valence-corrected chi connectivity index (χ3v) is 2.95. The Morgan fingerprint density at radius 3 is 2.37 bits per heavy atom. The van der Waals surface area contributed by atoms with E-state index >= 15 is 0 Å². The van der Waals surface area contributed by atoms with Crippen LogP contribution in [0.25, 0.3) is 0 Å². The van der Waals surface area contributed by atoms with Crippen molar-refractivity contribution in [1.82, 2.24) is 0 Å². The summed E-state index contributed by atoms with van der Waals surface area (Å²) >= 11 is 0. The number of anilines is 1. The van der Waals surface area contributed by atoms with E-state index in [1.165, 1.54) is 0 Å². The van der Waals surface area contributed by atoms with E-state index in [1.807, 2.05) is 6.92 Å². The summed E-state index contributed by atoms with van der Waals surface area (Å²) in [6.45, 7) is 1.95. The van der Waals surface area contributed by atoms with Gasteiger partial charge in [-0.25, -0.2) is 0 Å². The van der Waals surface area contributed by atoms with Crippen LogP contribution in [-0.2, 0) is 0 Å². The van der Waals surface area contributed by atoms with Gasteiger partial charge >= 0.3 is 0 Å². The number of hydrogen-bond acceptors (Lipinski definition) is 4. The Bertz CT molecular complexity index is 552. The third kappa shape index (κ3) is 3.10. The molecule has 4 heteroatoms. The van der Waals surface area contributed by atoms with Crippen molar-refractivity contribution in [3.8, 4) is 17.2 Å². The Morgan fingerprint density at radius 2 is 1.74 bits per heavy atom. The van der Waals surface area contributed by atoms with Crippen LogP contribution in [0, 0.1) is 0 Å². The number of hydrogen-bond donors (Lipinski definition) is 3. The fourth-order valence-electron chi connectivity index (χ4n) is 1.89. The molecule has 1 unspecified atom stereocenters. The molecule has 4 nitrogen and oxygen atoms in total. The van der Waals surface area contributed by atoms with Gasteiger partial charge in [-0.15, -0.1) is 0 Å². The normalized spacial score (nSPS) is 11.9. The van der Waals surface area contributed by atoms with Gasteiger partial charge in [0.15, 0.2) is 0 Å². The zero-order valence-corrected chi connectivity index (χ0v) is 10.9. The molecule has 2 aromatic rings. The molecule has 0 heterocycles. The molecule has 1 atom stereocenters. The van der Waals surface area contributed by atoms with Crippen molar-refractivity contribution in [3.63, 3.8) is 0 Å². The summed E-state index contributed by atoms with van der Waals surface area (Å²) in [7, 11) is 1.59. The van der Waals surface area contributed by atoms with Crippen LogP contribution in [0.5, 0.6) is 17.2 Å². The molecular weight excluding hydrogens is 242 g/mol. The van der Waals surface area contributed by atoms with Gasteiger partial charge in [-0.2, -0.15) is 0 Å². The summed E-state index contributed by atoms with van der Waals surface area (Å²) in [6.07, 6.45) is 0. The maximum atomic E-state index is 9.89. The van der Waals surface area contributed by atoms with Crippen LogP contribution in [0.4, 0.5) is 5.69 Å². The van der Waals surface area contributed by atoms with E-state index in [4.69, 9.17) is 4.74 Å². The lowest BCUT2D eigenvalue weighted by atomic mass is 10.1. The van der Waals surface area contributed by atoms with Gasteiger partial charge in [-0.05, 0) is 49.4 Å². The van der Waals surface area contributed by atoms with Crippen LogP contribution in [0.3, 0.4) is 0 Å². The quantitative estimate of drug-likeness (QED) is 0.737. The second kappa shape index (κ2) is 5.52. The van der Waals surface area contributed by atoms with Gasteiger partial charge in [-0.1, -0.05) is 0 Å². The Labute approximate surface area is 112 Å². The monoisotopic (exact) mass is 259 g/mol. The van der Waals surface area contributed by atoms with Crippen LogP contribution < -0.4 is 10.1 Å². The summed E-state index contributed by atoms with van der Waals surface area (Å²) in [5.41, 5.74) is 1.62. The largest absolute Gasteiger partial charge is 0.508 e. The molecule has 19 heavy (non-hydrogen) atoms. The van der Waals surface area contributed by atoms with Crippen LogP contribution in [-0.4, -0.2) is 17.3 Å². The Balaban J connectivity index is 2.19. The van der Waals surface area contributed by atoms with Gasteiger partial charge in [0, 0.05) is 11.3 Å². The van der Waals surface area contributed by atoms with Crippen molar-refractivity contribution in [3.05, 3.63) is 48.0 Å². The first-order chi connectivity index (χ1) is 9.10. The first-order valence-corrected chi connectivity index (χ1v) is 6.02. The van der Waals surface area contributed by atoms with Crippen molar-refractivity contribution < 1.29 is 14.9 Å². The molecule has 0 radical (unpaired) electrons. The zero-order chi connectivity index (χ0) is 13.8. The van der Waals surface area contributed by atoms with Crippen LogP contribution >= 0.6 is 0 Å². The molecule has 0 saturated heterocycles. The Morgan fingerprint density at radius 1 is 1.05 bits per heavy atom. The maximum absolute atomic E-state index is 9.89. The van der Waals surface area contributed by atoms with E-state index < -0.39 is 0 Å². The highest BCUT2D eigenvalue weighted by molar-refractivity contribution is 5.50. The number of ether oxygens (including phenoxy) is 1. The van der Waals surface area contributed by atoms with Crippen molar-refractivity contribution >= 4 is 5.69 Å². The fraction of sp³-hybridized carbons (Fsp3) is 0.200. The van der Waals surface area contributed by atoms with Gasteiger partial charge in [0.05, 0.1) is 13.2 Å². The lowest BCUT2D eigenvalue weighted by Gasteiger charge is -2.17. The minimum atomic E-state index is -0.0837. The number of phenolic OH excluding ortho intramolecular Hbond substituents is 2. The predicted molar refractivity (Wildman–Crippen MR) is 74.8 cm³/mol. The molecule has 3 N–H and O–H groups in total. The average Bonchev–Trinajstić information content (AvgIpc) is 2.42. The third-order valence-electron chi connectivity index (χ3n) is 2.95. The molecule has 0 aliphatic rings. The van der Waals surface area contributed by atoms with Crippen molar-refractivity contribution in [2.75, 3.05) is 12.4 Å². The summed E-state index contributed by atoms with van der Waals surface area (Å²) in [5.74, 6) is 1.15. The first-order valence-electron chi connectivity index (χ1n) is 6.02. The average molecular weight is 259 g/mol. The van der Waals surface area contributed by atoms with Crippen LogP contribution in [0.1, 0.15) is 18.5 Å². The Hall–Kier alpha value is -2.36. The summed E-state index contributed by atoms with van der Waals surface area (Å²) < 4.78 is 5.15. The smallest absolute Gasteiger partial charge is 0.121 e.